The van der Waals surface area contributed by atoms with Crippen molar-refractivity contribution in [2.24, 2.45) is 0 Å². The highest BCUT2D eigenvalue weighted by molar-refractivity contribution is 5.78. The number of aryl methyl sites for hydroxylation is 2. The summed E-state index contributed by atoms with van der Waals surface area (Å²) in [5.74, 6) is 0. The Morgan fingerprint density at radius 1 is 1.06 bits per heavy atom. The van der Waals surface area contributed by atoms with Gasteiger partial charge in [-0.25, -0.2) is 14.6 Å². The molecule has 2 aromatic heterocycles. The second kappa shape index (κ2) is 3.66. The molecule has 0 N–H and O–H groups in total. The van der Waals surface area contributed by atoms with E-state index in [4.69, 9.17) is 0 Å². The maximum absolute atomic E-state index is 4.40. The summed E-state index contributed by atoms with van der Waals surface area (Å²) >= 11 is 0. The molecule has 0 bridgehead atoms. The van der Waals surface area contributed by atoms with E-state index < -0.39 is 0 Å². The lowest BCUT2D eigenvalue weighted by atomic mass is 10.2. The third-order valence-electron chi connectivity index (χ3n) is 2.91. The maximum Gasteiger partial charge on any atom is 0.166 e. The molecule has 0 aliphatic rings. The van der Waals surface area contributed by atoms with Crippen molar-refractivity contribution in [3.63, 3.8) is 0 Å². The summed E-state index contributed by atoms with van der Waals surface area (Å²) in [4.78, 5) is 8.48. The number of benzene rings is 1. The molecule has 3 rings (SSSR count). The van der Waals surface area contributed by atoms with Crippen LogP contribution in [0.3, 0.4) is 0 Å². The Morgan fingerprint density at radius 2 is 1.88 bits per heavy atom. The molecule has 1 aromatic carbocycles. The van der Waals surface area contributed by atoms with Crippen LogP contribution >= 0.6 is 0 Å². The predicted molar refractivity (Wildman–Crippen MR) is 66.1 cm³/mol. The first-order valence-corrected chi connectivity index (χ1v) is 5.49. The third kappa shape index (κ3) is 1.49. The highest BCUT2D eigenvalue weighted by Gasteiger charge is 2.09. The minimum atomic E-state index is 0.854. The Labute approximate surface area is 98.9 Å². The fraction of sp³-hybridized carbons (Fsp3) is 0.154. The predicted octanol–water partition coefficient (Wildman–Crippen LogP) is 2.43. The van der Waals surface area contributed by atoms with Crippen LogP contribution in [0.5, 0.6) is 0 Å². The maximum atomic E-state index is 4.40. The van der Waals surface area contributed by atoms with Gasteiger partial charge in [0.15, 0.2) is 5.65 Å². The highest BCUT2D eigenvalue weighted by atomic mass is 15.3. The number of rotatable bonds is 1. The van der Waals surface area contributed by atoms with Gasteiger partial charge in [-0.05, 0) is 25.5 Å². The van der Waals surface area contributed by atoms with Crippen LogP contribution in [-0.2, 0) is 0 Å². The van der Waals surface area contributed by atoms with Gasteiger partial charge in [-0.1, -0.05) is 18.2 Å². The quantitative estimate of drug-likeness (QED) is 0.637. The Bertz CT molecular complexity index is 685. The van der Waals surface area contributed by atoms with Crippen LogP contribution in [0.1, 0.15) is 11.3 Å². The Balaban J connectivity index is 2.33. The summed E-state index contributed by atoms with van der Waals surface area (Å²) in [6, 6.07) is 8.13. The molecule has 0 saturated carbocycles. The molecule has 4 heteroatoms. The number of nitrogens with zero attached hydrogens (tertiary/aromatic N) is 4. The minimum Gasteiger partial charge on any atom is -0.241 e. The van der Waals surface area contributed by atoms with Crippen LogP contribution in [0.25, 0.3) is 16.7 Å². The molecule has 84 valence electrons. The van der Waals surface area contributed by atoms with Crippen LogP contribution in [0.15, 0.2) is 36.8 Å². The lowest BCUT2D eigenvalue weighted by molar-refractivity contribution is 0.887. The van der Waals surface area contributed by atoms with Crippen molar-refractivity contribution in [1.29, 1.82) is 0 Å². The Kier molecular flexibility index (Phi) is 2.14. The summed E-state index contributed by atoms with van der Waals surface area (Å²) in [6.45, 7) is 4.03. The SMILES string of the molecule is Cc1ccccc1-n1ncc2c(C)ncnc21. The fourth-order valence-electron chi connectivity index (χ4n) is 1.94. The molecular formula is C13H12N4. The summed E-state index contributed by atoms with van der Waals surface area (Å²) in [5, 5.41) is 5.40. The van der Waals surface area contributed by atoms with Crippen LogP contribution < -0.4 is 0 Å². The molecular weight excluding hydrogens is 212 g/mol. The summed E-state index contributed by atoms with van der Waals surface area (Å²) in [7, 11) is 0. The molecule has 0 amide bonds. The van der Waals surface area contributed by atoms with E-state index in [1.165, 1.54) is 5.56 Å². The smallest absolute Gasteiger partial charge is 0.166 e. The zero-order valence-electron chi connectivity index (χ0n) is 9.75. The van der Waals surface area contributed by atoms with Gasteiger partial charge in [0.1, 0.15) is 6.33 Å². The van der Waals surface area contributed by atoms with Crippen molar-refractivity contribution in [2.75, 3.05) is 0 Å². The molecule has 0 aliphatic carbocycles. The van der Waals surface area contributed by atoms with Crippen molar-refractivity contribution in [2.45, 2.75) is 13.8 Å². The molecule has 4 nitrogen and oxygen atoms in total. The first-order chi connectivity index (χ1) is 8.27. The van der Waals surface area contributed by atoms with Crippen LogP contribution in [0, 0.1) is 13.8 Å². The molecule has 0 atom stereocenters. The van der Waals surface area contributed by atoms with Gasteiger partial charge in [0.2, 0.25) is 0 Å². The zero-order valence-corrected chi connectivity index (χ0v) is 9.75. The van der Waals surface area contributed by atoms with Gasteiger partial charge >= 0.3 is 0 Å². The van der Waals surface area contributed by atoms with Crippen molar-refractivity contribution in [3.05, 3.63) is 48.0 Å². The van der Waals surface area contributed by atoms with Gasteiger partial charge < -0.3 is 0 Å². The second-order valence-corrected chi connectivity index (χ2v) is 4.04. The normalized spacial score (nSPS) is 10.9. The minimum absolute atomic E-state index is 0.854. The van der Waals surface area contributed by atoms with Crippen LogP contribution in [-0.4, -0.2) is 19.7 Å². The van der Waals surface area contributed by atoms with E-state index in [1.807, 2.05) is 36.0 Å². The number of aromatic nitrogens is 4. The summed E-state index contributed by atoms with van der Waals surface area (Å²) < 4.78 is 1.86. The molecule has 0 spiro atoms. The van der Waals surface area contributed by atoms with Crippen LogP contribution in [0.2, 0.25) is 0 Å². The van der Waals surface area contributed by atoms with Gasteiger partial charge in [-0.2, -0.15) is 5.10 Å². The van der Waals surface area contributed by atoms with E-state index in [1.54, 1.807) is 6.33 Å². The average Bonchev–Trinajstić information content (AvgIpc) is 2.75. The Morgan fingerprint density at radius 3 is 2.71 bits per heavy atom. The third-order valence-corrected chi connectivity index (χ3v) is 2.91. The van der Waals surface area contributed by atoms with Crippen molar-refractivity contribution in [1.82, 2.24) is 19.7 Å². The number of hydrogen-bond acceptors (Lipinski definition) is 3. The first-order valence-electron chi connectivity index (χ1n) is 5.49. The molecule has 17 heavy (non-hydrogen) atoms. The second-order valence-electron chi connectivity index (χ2n) is 4.04. The standard InChI is InChI=1S/C13H12N4/c1-9-5-3-4-6-12(9)17-13-11(7-16-17)10(2)14-8-15-13/h3-8H,1-2H3. The van der Waals surface area contributed by atoms with E-state index >= 15 is 0 Å². The summed E-state index contributed by atoms with van der Waals surface area (Å²) in [6.07, 6.45) is 3.39. The molecule has 0 fully saturated rings. The first kappa shape index (κ1) is 9.96. The molecule has 0 unspecified atom stereocenters. The van der Waals surface area contributed by atoms with E-state index in [2.05, 4.69) is 28.1 Å². The molecule has 2 heterocycles. The number of para-hydroxylation sites is 1. The van der Waals surface area contributed by atoms with E-state index in [0.29, 0.717) is 0 Å². The van der Waals surface area contributed by atoms with Crippen LogP contribution in [0.4, 0.5) is 0 Å². The highest BCUT2D eigenvalue weighted by Crippen LogP contribution is 2.19. The largest absolute Gasteiger partial charge is 0.241 e. The fourth-order valence-corrected chi connectivity index (χ4v) is 1.94. The van der Waals surface area contributed by atoms with Gasteiger partial charge in [-0.15, -0.1) is 0 Å². The number of fused-ring (bicyclic) bond motifs is 1. The molecule has 0 radical (unpaired) electrons. The van der Waals surface area contributed by atoms with Gasteiger partial charge in [0.05, 0.1) is 23.0 Å². The van der Waals surface area contributed by atoms with Crippen molar-refractivity contribution in [3.8, 4) is 5.69 Å². The van der Waals surface area contributed by atoms with Crippen molar-refractivity contribution < 1.29 is 0 Å². The average molecular weight is 224 g/mol. The van der Waals surface area contributed by atoms with Gasteiger partial charge in [-0.3, -0.25) is 0 Å². The number of hydrogen-bond donors (Lipinski definition) is 0. The molecule has 0 saturated heterocycles. The molecule has 3 aromatic rings. The van der Waals surface area contributed by atoms with E-state index in [-0.39, 0.29) is 0 Å². The lowest BCUT2D eigenvalue weighted by Gasteiger charge is -2.05. The molecule has 0 aliphatic heterocycles. The van der Waals surface area contributed by atoms with Crippen molar-refractivity contribution >= 4 is 11.0 Å². The Hall–Kier alpha value is -2.23. The van der Waals surface area contributed by atoms with E-state index in [0.717, 1.165) is 22.4 Å². The lowest BCUT2D eigenvalue weighted by Crippen LogP contribution is -2.00. The monoisotopic (exact) mass is 224 g/mol. The zero-order chi connectivity index (χ0) is 11.8. The van der Waals surface area contributed by atoms with Gasteiger partial charge in [0.25, 0.3) is 0 Å². The topological polar surface area (TPSA) is 43.6 Å². The summed E-state index contributed by atoms with van der Waals surface area (Å²) in [5.41, 5.74) is 4.04. The van der Waals surface area contributed by atoms with Gasteiger partial charge in [0, 0.05) is 0 Å². The van der Waals surface area contributed by atoms with E-state index in [9.17, 15) is 0 Å².